The SMILES string of the molecule is Cc1nn(C)c(CNCc2cccc(CCl)c2)c1Br. The first kappa shape index (κ1) is 14.6. The van der Waals surface area contributed by atoms with Crippen molar-refractivity contribution in [3.8, 4) is 0 Å². The summed E-state index contributed by atoms with van der Waals surface area (Å²) in [5, 5.41) is 7.81. The van der Waals surface area contributed by atoms with Gasteiger partial charge in [-0.05, 0) is 34.0 Å². The summed E-state index contributed by atoms with van der Waals surface area (Å²) in [6, 6.07) is 8.31. The summed E-state index contributed by atoms with van der Waals surface area (Å²) in [4.78, 5) is 0. The van der Waals surface area contributed by atoms with E-state index >= 15 is 0 Å². The van der Waals surface area contributed by atoms with Gasteiger partial charge in [-0.2, -0.15) is 5.10 Å². The fourth-order valence-electron chi connectivity index (χ4n) is 2.02. The molecule has 0 spiro atoms. The molecule has 0 aliphatic heterocycles. The molecule has 1 aromatic carbocycles. The highest BCUT2D eigenvalue weighted by atomic mass is 79.9. The standard InChI is InChI=1S/C14H17BrClN3/c1-10-14(15)13(19(2)18-10)9-17-8-12-5-3-4-11(6-12)7-16/h3-6,17H,7-9H2,1-2H3. The molecule has 5 heteroatoms. The first-order chi connectivity index (χ1) is 9.11. The van der Waals surface area contributed by atoms with Crippen molar-refractivity contribution in [1.29, 1.82) is 0 Å². The van der Waals surface area contributed by atoms with E-state index in [9.17, 15) is 0 Å². The van der Waals surface area contributed by atoms with E-state index in [0.717, 1.165) is 34.5 Å². The van der Waals surface area contributed by atoms with Gasteiger partial charge < -0.3 is 5.32 Å². The van der Waals surface area contributed by atoms with Crippen LogP contribution in [0.1, 0.15) is 22.5 Å². The van der Waals surface area contributed by atoms with E-state index in [0.29, 0.717) is 5.88 Å². The number of nitrogens with one attached hydrogen (secondary N) is 1. The topological polar surface area (TPSA) is 29.9 Å². The summed E-state index contributed by atoms with van der Waals surface area (Å²) in [6.07, 6.45) is 0. The summed E-state index contributed by atoms with van der Waals surface area (Å²) in [6.45, 7) is 3.60. The number of alkyl halides is 1. The average molecular weight is 343 g/mol. The van der Waals surface area contributed by atoms with Gasteiger partial charge in [0, 0.05) is 26.0 Å². The van der Waals surface area contributed by atoms with Crippen LogP contribution in [0.25, 0.3) is 0 Å². The van der Waals surface area contributed by atoms with Gasteiger partial charge >= 0.3 is 0 Å². The molecule has 0 aliphatic rings. The molecule has 0 amide bonds. The van der Waals surface area contributed by atoms with Crippen LogP contribution in [0.5, 0.6) is 0 Å². The molecule has 0 fully saturated rings. The Morgan fingerprint density at radius 1 is 1.32 bits per heavy atom. The van der Waals surface area contributed by atoms with E-state index in [1.807, 2.05) is 30.8 Å². The van der Waals surface area contributed by atoms with E-state index in [4.69, 9.17) is 11.6 Å². The number of aryl methyl sites for hydroxylation is 2. The third-order valence-corrected chi connectivity index (χ3v) is 4.37. The molecule has 0 bridgehead atoms. The van der Waals surface area contributed by atoms with Gasteiger partial charge in [0.25, 0.3) is 0 Å². The van der Waals surface area contributed by atoms with Crippen LogP contribution in [0.4, 0.5) is 0 Å². The minimum absolute atomic E-state index is 0.556. The number of benzene rings is 1. The molecule has 0 aliphatic carbocycles. The van der Waals surface area contributed by atoms with Gasteiger partial charge in [0.2, 0.25) is 0 Å². The van der Waals surface area contributed by atoms with Crippen LogP contribution in [0.3, 0.4) is 0 Å². The van der Waals surface area contributed by atoms with Crippen molar-refractivity contribution < 1.29 is 0 Å². The molecular formula is C14H17BrClN3. The van der Waals surface area contributed by atoms with E-state index in [1.54, 1.807) is 0 Å². The maximum absolute atomic E-state index is 5.83. The zero-order chi connectivity index (χ0) is 13.8. The Kier molecular flexibility index (Phi) is 5.02. The maximum Gasteiger partial charge on any atom is 0.0739 e. The molecular weight excluding hydrogens is 326 g/mol. The van der Waals surface area contributed by atoms with Gasteiger partial charge in [0.15, 0.2) is 0 Å². The largest absolute Gasteiger partial charge is 0.307 e. The number of halogens is 2. The Morgan fingerprint density at radius 3 is 2.68 bits per heavy atom. The third kappa shape index (κ3) is 3.59. The second kappa shape index (κ2) is 6.55. The van der Waals surface area contributed by atoms with Gasteiger partial charge in [0.1, 0.15) is 0 Å². The van der Waals surface area contributed by atoms with Gasteiger partial charge in [-0.1, -0.05) is 24.3 Å². The number of hydrogen-bond acceptors (Lipinski definition) is 2. The van der Waals surface area contributed by atoms with Crippen molar-refractivity contribution in [2.45, 2.75) is 25.9 Å². The minimum atomic E-state index is 0.556. The molecule has 0 saturated heterocycles. The molecule has 2 aromatic rings. The predicted octanol–water partition coefficient (Wildman–Crippen LogP) is 3.52. The molecule has 1 heterocycles. The molecule has 1 N–H and O–H groups in total. The van der Waals surface area contributed by atoms with Gasteiger partial charge in [-0.25, -0.2) is 0 Å². The van der Waals surface area contributed by atoms with Crippen molar-refractivity contribution in [2.24, 2.45) is 7.05 Å². The first-order valence-electron chi connectivity index (χ1n) is 6.14. The second-order valence-corrected chi connectivity index (χ2v) is 5.59. The quantitative estimate of drug-likeness (QED) is 0.843. The third-order valence-electron chi connectivity index (χ3n) is 3.03. The molecule has 0 atom stereocenters. The molecule has 102 valence electrons. The molecule has 1 aromatic heterocycles. The number of hydrogen-bond donors (Lipinski definition) is 1. The maximum atomic E-state index is 5.83. The highest BCUT2D eigenvalue weighted by Gasteiger charge is 2.09. The lowest BCUT2D eigenvalue weighted by atomic mass is 10.1. The van der Waals surface area contributed by atoms with Crippen LogP contribution in [0.15, 0.2) is 28.7 Å². The molecule has 19 heavy (non-hydrogen) atoms. The van der Waals surface area contributed by atoms with Crippen molar-refractivity contribution in [1.82, 2.24) is 15.1 Å². The summed E-state index contributed by atoms with van der Waals surface area (Å²) in [5.41, 5.74) is 4.57. The summed E-state index contributed by atoms with van der Waals surface area (Å²) < 4.78 is 2.98. The van der Waals surface area contributed by atoms with Gasteiger partial charge in [0.05, 0.1) is 15.9 Å². The summed E-state index contributed by atoms with van der Waals surface area (Å²) in [5.74, 6) is 0.556. The van der Waals surface area contributed by atoms with Crippen molar-refractivity contribution in [3.05, 3.63) is 51.3 Å². The fraction of sp³-hybridized carbons (Fsp3) is 0.357. The molecule has 2 rings (SSSR count). The normalized spacial score (nSPS) is 10.9. The summed E-state index contributed by atoms with van der Waals surface area (Å²) in [7, 11) is 1.96. The van der Waals surface area contributed by atoms with Crippen LogP contribution >= 0.6 is 27.5 Å². The van der Waals surface area contributed by atoms with E-state index in [1.165, 1.54) is 5.56 Å². The molecule has 3 nitrogen and oxygen atoms in total. The van der Waals surface area contributed by atoms with Crippen molar-refractivity contribution >= 4 is 27.5 Å². The zero-order valence-electron chi connectivity index (χ0n) is 11.1. The monoisotopic (exact) mass is 341 g/mol. The van der Waals surface area contributed by atoms with Crippen molar-refractivity contribution in [2.75, 3.05) is 0 Å². The van der Waals surface area contributed by atoms with Crippen molar-refractivity contribution in [3.63, 3.8) is 0 Å². The molecule has 0 saturated carbocycles. The smallest absolute Gasteiger partial charge is 0.0739 e. The van der Waals surface area contributed by atoms with Gasteiger partial charge in [-0.15, -0.1) is 11.6 Å². The minimum Gasteiger partial charge on any atom is -0.307 e. The zero-order valence-corrected chi connectivity index (χ0v) is 13.4. The number of aromatic nitrogens is 2. The van der Waals surface area contributed by atoms with E-state index in [2.05, 4.69) is 38.5 Å². The lowest BCUT2D eigenvalue weighted by molar-refractivity contribution is 0.623. The Morgan fingerprint density at radius 2 is 2.05 bits per heavy atom. The Bertz CT molecular complexity index is 566. The highest BCUT2D eigenvalue weighted by Crippen LogP contribution is 2.20. The Balaban J connectivity index is 1.96. The van der Waals surface area contributed by atoms with Crippen LogP contribution in [-0.2, 0) is 26.0 Å². The van der Waals surface area contributed by atoms with Crippen LogP contribution in [0, 0.1) is 6.92 Å². The lowest BCUT2D eigenvalue weighted by Crippen LogP contribution is -2.15. The van der Waals surface area contributed by atoms with Crippen LogP contribution < -0.4 is 5.32 Å². The fourth-order valence-corrected chi connectivity index (χ4v) is 2.66. The highest BCUT2D eigenvalue weighted by molar-refractivity contribution is 9.10. The first-order valence-corrected chi connectivity index (χ1v) is 7.47. The van der Waals surface area contributed by atoms with Gasteiger partial charge in [-0.3, -0.25) is 4.68 Å². The van der Waals surface area contributed by atoms with Crippen LogP contribution in [0.2, 0.25) is 0 Å². The van der Waals surface area contributed by atoms with E-state index < -0.39 is 0 Å². The Labute approximate surface area is 127 Å². The molecule has 0 unspecified atom stereocenters. The molecule has 0 radical (unpaired) electrons. The predicted molar refractivity (Wildman–Crippen MR) is 82.2 cm³/mol. The summed E-state index contributed by atoms with van der Waals surface area (Å²) >= 11 is 9.40. The lowest BCUT2D eigenvalue weighted by Gasteiger charge is -2.07. The Hall–Kier alpha value is -0.840. The number of rotatable bonds is 5. The second-order valence-electron chi connectivity index (χ2n) is 4.53. The van der Waals surface area contributed by atoms with Crippen LogP contribution in [-0.4, -0.2) is 9.78 Å². The van der Waals surface area contributed by atoms with E-state index in [-0.39, 0.29) is 0 Å². The average Bonchev–Trinajstić information content (AvgIpc) is 2.65. The number of nitrogens with zero attached hydrogens (tertiary/aromatic N) is 2.